The second kappa shape index (κ2) is 11.7. The summed E-state index contributed by atoms with van der Waals surface area (Å²) in [6.07, 6.45) is 0.932. The molecule has 36 heavy (non-hydrogen) atoms. The highest BCUT2D eigenvalue weighted by molar-refractivity contribution is 7.92. The molecule has 190 valence electrons. The molecule has 0 heterocycles. The smallest absolute Gasteiger partial charge is 0.387 e. The fourth-order valence-electron chi connectivity index (χ4n) is 2.77. The van der Waals surface area contributed by atoms with E-state index in [1.54, 1.807) is 12.1 Å². The number of hydrogen-bond acceptors (Lipinski definition) is 6. The van der Waals surface area contributed by atoms with Gasteiger partial charge in [-0.05, 0) is 42.5 Å². The van der Waals surface area contributed by atoms with Crippen molar-refractivity contribution in [3.8, 4) is 11.5 Å². The second-order valence-electron chi connectivity index (χ2n) is 6.77. The minimum atomic E-state index is -4.09. The summed E-state index contributed by atoms with van der Waals surface area (Å²) in [5, 5.41) is 3.80. The number of para-hydroxylation sites is 1. The van der Waals surface area contributed by atoms with E-state index in [0.29, 0.717) is 0 Å². The number of nitrogens with zero attached hydrogens (tertiary/aromatic N) is 1. The van der Waals surface area contributed by atoms with Crippen LogP contribution in [0, 0.1) is 0 Å². The zero-order valence-corrected chi connectivity index (χ0v) is 19.4. The molecule has 0 atom stereocenters. The molecule has 2 N–H and O–H groups in total. The SMILES string of the molecule is O=C(NN=Cc1ccc(OC(F)F)cc1OC(F)F)c1cccc(S(=O)(=O)Nc2ccccc2Cl)c1. The van der Waals surface area contributed by atoms with Crippen LogP contribution in [0.15, 0.2) is 76.7 Å². The Labute approximate surface area is 207 Å². The fourth-order valence-corrected chi connectivity index (χ4v) is 4.14. The number of sulfonamides is 1. The van der Waals surface area contributed by atoms with Crippen LogP contribution in [0.25, 0.3) is 0 Å². The number of carbonyl (C=O) groups excluding carboxylic acids is 1. The molecule has 0 aromatic heterocycles. The van der Waals surface area contributed by atoms with E-state index in [1.807, 2.05) is 0 Å². The lowest BCUT2D eigenvalue weighted by Gasteiger charge is -2.11. The molecule has 3 aromatic rings. The molecular weight excluding hydrogens is 530 g/mol. The van der Waals surface area contributed by atoms with E-state index in [2.05, 4.69) is 24.7 Å². The van der Waals surface area contributed by atoms with Gasteiger partial charge < -0.3 is 9.47 Å². The van der Waals surface area contributed by atoms with Crippen LogP contribution in [0.4, 0.5) is 23.2 Å². The van der Waals surface area contributed by atoms with E-state index < -0.39 is 40.7 Å². The van der Waals surface area contributed by atoms with Gasteiger partial charge in [0.15, 0.2) is 0 Å². The third kappa shape index (κ3) is 7.33. The summed E-state index contributed by atoms with van der Waals surface area (Å²) in [7, 11) is -4.09. The first-order valence-corrected chi connectivity index (χ1v) is 11.7. The maximum absolute atomic E-state index is 12.7. The number of rotatable bonds is 10. The van der Waals surface area contributed by atoms with Gasteiger partial charge >= 0.3 is 13.2 Å². The number of amides is 1. The predicted octanol–water partition coefficient (Wildman–Crippen LogP) is 5.11. The van der Waals surface area contributed by atoms with Gasteiger partial charge in [0.05, 0.1) is 21.8 Å². The Morgan fingerprint density at radius 2 is 1.67 bits per heavy atom. The first kappa shape index (κ1) is 26.8. The van der Waals surface area contributed by atoms with E-state index in [-0.39, 0.29) is 26.7 Å². The van der Waals surface area contributed by atoms with E-state index in [1.165, 1.54) is 30.3 Å². The molecule has 0 spiro atoms. The molecule has 0 saturated heterocycles. The quantitative estimate of drug-likeness (QED) is 0.209. The van der Waals surface area contributed by atoms with Crippen LogP contribution in [0.3, 0.4) is 0 Å². The summed E-state index contributed by atoms with van der Waals surface area (Å²) in [6.45, 7) is -6.44. The summed E-state index contributed by atoms with van der Waals surface area (Å²) in [5.41, 5.74) is 2.09. The van der Waals surface area contributed by atoms with Crippen LogP contribution in [-0.4, -0.2) is 33.8 Å². The van der Waals surface area contributed by atoms with Crippen LogP contribution in [-0.2, 0) is 10.0 Å². The van der Waals surface area contributed by atoms with Crippen molar-refractivity contribution in [3.63, 3.8) is 0 Å². The van der Waals surface area contributed by atoms with Gasteiger partial charge in [0.25, 0.3) is 15.9 Å². The molecule has 0 unspecified atom stereocenters. The standard InChI is InChI=1S/C22H16ClF4N3O5S/c23-17-6-1-2-7-18(17)30-36(32,33)16-5-3-4-13(10-16)20(31)29-28-12-14-8-9-15(34-21(24)25)11-19(14)35-22(26)27/h1-12,21-22,30H,(H,29,31). The lowest BCUT2D eigenvalue weighted by molar-refractivity contribution is -0.0543. The molecule has 14 heteroatoms. The molecule has 8 nitrogen and oxygen atoms in total. The average Bonchev–Trinajstić information content (AvgIpc) is 2.81. The lowest BCUT2D eigenvalue weighted by Crippen LogP contribution is -2.19. The Balaban J connectivity index is 1.75. The van der Waals surface area contributed by atoms with Gasteiger partial charge in [-0.1, -0.05) is 29.8 Å². The van der Waals surface area contributed by atoms with Crippen LogP contribution < -0.4 is 19.6 Å². The Morgan fingerprint density at radius 3 is 2.36 bits per heavy atom. The molecule has 3 rings (SSSR count). The number of hydrogen-bond donors (Lipinski definition) is 2. The summed E-state index contributed by atoms with van der Waals surface area (Å²) in [5.74, 6) is -1.78. The highest BCUT2D eigenvalue weighted by atomic mass is 35.5. The number of ether oxygens (including phenoxy) is 2. The van der Waals surface area contributed by atoms with Crippen molar-refractivity contribution in [1.82, 2.24) is 5.43 Å². The van der Waals surface area contributed by atoms with Gasteiger partial charge in [-0.15, -0.1) is 0 Å². The maximum Gasteiger partial charge on any atom is 0.387 e. The molecule has 0 saturated carbocycles. The fraction of sp³-hybridized carbons (Fsp3) is 0.0909. The minimum absolute atomic E-state index is 0.0843. The number of carbonyl (C=O) groups is 1. The lowest BCUT2D eigenvalue weighted by atomic mass is 10.2. The molecule has 0 aliphatic rings. The molecule has 0 aliphatic heterocycles. The first-order valence-electron chi connectivity index (χ1n) is 9.79. The zero-order valence-electron chi connectivity index (χ0n) is 17.9. The van der Waals surface area contributed by atoms with Crippen LogP contribution in [0.5, 0.6) is 11.5 Å². The topological polar surface area (TPSA) is 106 Å². The van der Waals surface area contributed by atoms with Gasteiger partial charge in [0.2, 0.25) is 0 Å². The van der Waals surface area contributed by atoms with E-state index >= 15 is 0 Å². The van der Waals surface area contributed by atoms with Gasteiger partial charge in [-0.2, -0.15) is 22.7 Å². The molecule has 0 bridgehead atoms. The van der Waals surface area contributed by atoms with Crippen LogP contribution >= 0.6 is 11.6 Å². The number of halogens is 5. The van der Waals surface area contributed by atoms with Crippen molar-refractivity contribution in [2.45, 2.75) is 18.1 Å². The second-order valence-corrected chi connectivity index (χ2v) is 8.86. The third-order valence-electron chi connectivity index (χ3n) is 4.32. The van der Waals surface area contributed by atoms with Gasteiger partial charge in [0, 0.05) is 17.2 Å². The zero-order chi connectivity index (χ0) is 26.3. The van der Waals surface area contributed by atoms with Crippen molar-refractivity contribution in [2.75, 3.05) is 4.72 Å². The molecule has 3 aromatic carbocycles. The Bertz CT molecular complexity index is 1370. The monoisotopic (exact) mass is 545 g/mol. The van der Waals surface area contributed by atoms with Crippen molar-refractivity contribution in [2.24, 2.45) is 5.10 Å². The van der Waals surface area contributed by atoms with Crippen molar-refractivity contribution >= 4 is 39.4 Å². The van der Waals surface area contributed by atoms with E-state index in [9.17, 15) is 30.8 Å². The van der Waals surface area contributed by atoms with E-state index in [4.69, 9.17) is 11.6 Å². The Morgan fingerprint density at radius 1 is 0.944 bits per heavy atom. The highest BCUT2D eigenvalue weighted by Crippen LogP contribution is 2.27. The number of hydrazone groups is 1. The van der Waals surface area contributed by atoms with Gasteiger partial charge in [-0.25, -0.2) is 13.8 Å². The van der Waals surface area contributed by atoms with E-state index in [0.717, 1.165) is 30.5 Å². The first-order chi connectivity index (χ1) is 17.0. The summed E-state index contributed by atoms with van der Waals surface area (Å²) < 4.78 is 86.2. The van der Waals surface area contributed by atoms with Crippen LogP contribution in [0.1, 0.15) is 15.9 Å². The Kier molecular flexibility index (Phi) is 8.72. The number of alkyl halides is 4. The molecule has 0 fully saturated rings. The Hall–Kier alpha value is -3.84. The summed E-state index contributed by atoms with van der Waals surface area (Å²) in [4.78, 5) is 12.2. The number of nitrogens with one attached hydrogen (secondary N) is 2. The molecule has 0 aliphatic carbocycles. The summed E-state index contributed by atoms with van der Waals surface area (Å²) >= 11 is 5.98. The molecule has 1 amide bonds. The van der Waals surface area contributed by atoms with Crippen molar-refractivity contribution in [3.05, 3.63) is 82.9 Å². The minimum Gasteiger partial charge on any atom is -0.435 e. The van der Waals surface area contributed by atoms with Gasteiger partial charge in [-0.3, -0.25) is 9.52 Å². The highest BCUT2D eigenvalue weighted by Gasteiger charge is 2.18. The predicted molar refractivity (Wildman–Crippen MR) is 123 cm³/mol. The van der Waals surface area contributed by atoms with Crippen LogP contribution in [0.2, 0.25) is 5.02 Å². The van der Waals surface area contributed by atoms with Gasteiger partial charge in [0.1, 0.15) is 11.5 Å². The number of anilines is 1. The third-order valence-corrected chi connectivity index (χ3v) is 6.01. The summed E-state index contributed by atoms with van der Waals surface area (Å²) in [6, 6.07) is 14.2. The number of benzene rings is 3. The van der Waals surface area contributed by atoms with Crippen molar-refractivity contribution < 1.29 is 40.2 Å². The average molecular weight is 546 g/mol. The normalized spacial score (nSPS) is 11.6. The maximum atomic E-state index is 12.7. The largest absolute Gasteiger partial charge is 0.435 e. The van der Waals surface area contributed by atoms with Crippen molar-refractivity contribution in [1.29, 1.82) is 0 Å². The molecular formula is C22H16ClF4N3O5S. The molecule has 0 radical (unpaired) electrons.